The second-order valence-corrected chi connectivity index (χ2v) is 7.92. The molecular weight excluding hydrogens is 308 g/mol. The molecule has 0 radical (unpaired) electrons. The summed E-state index contributed by atoms with van der Waals surface area (Å²) < 4.78 is 26.9. The van der Waals surface area contributed by atoms with Crippen LogP contribution in [0.15, 0.2) is 24.3 Å². The fourth-order valence-corrected chi connectivity index (χ4v) is 3.94. The number of piperidine rings is 1. The molecule has 0 spiro atoms. The Labute approximate surface area is 132 Å². The maximum Gasteiger partial charge on any atom is 0.215 e. The minimum atomic E-state index is -3.30. The Balaban J connectivity index is 1.84. The van der Waals surface area contributed by atoms with Crippen LogP contribution in [0.1, 0.15) is 31.7 Å². The molecule has 1 atom stereocenters. The summed E-state index contributed by atoms with van der Waals surface area (Å²) in [6.07, 6.45) is 3.70. The average Bonchev–Trinajstić information content (AvgIpc) is 2.48. The molecule has 1 N–H and O–H groups in total. The van der Waals surface area contributed by atoms with Crippen LogP contribution in [0.2, 0.25) is 5.02 Å². The predicted molar refractivity (Wildman–Crippen MR) is 87.0 cm³/mol. The number of nitrogens with one attached hydrogen (secondary N) is 1. The number of nitrogens with zero attached hydrogens (tertiary/aromatic N) is 1. The summed E-state index contributed by atoms with van der Waals surface area (Å²) in [6.45, 7) is 4.69. The van der Waals surface area contributed by atoms with E-state index in [4.69, 9.17) is 11.6 Å². The van der Waals surface area contributed by atoms with Gasteiger partial charge in [-0.25, -0.2) is 13.1 Å². The van der Waals surface area contributed by atoms with Crippen LogP contribution in [0.5, 0.6) is 0 Å². The van der Waals surface area contributed by atoms with E-state index in [-0.39, 0.29) is 11.8 Å². The van der Waals surface area contributed by atoms with Gasteiger partial charge >= 0.3 is 0 Å². The maximum absolute atomic E-state index is 12.1. The number of benzene rings is 1. The lowest BCUT2D eigenvalue weighted by molar-refractivity contribution is 0.175. The van der Waals surface area contributed by atoms with Gasteiger partial charge in [0.05, 0.1) is 5.75 Å². The van der Waals surface area contributed by atoms with Gasteiger partial charge < -0.3 is 0 Å². The zero-order chi connectivity index (χ0) is 15.3. The summed E-state index contributed by atoms with van der Waals surface area (Å²) in [4.78, 5) is 2.36. The van der Waals surface area contributed by atoms with Gasteiger partial charge in [0, 0.05) is 17.6 Å². The fraction of sp³-hybridized carbons (Fsp3) is 0.600. The van der Waals surface area contributed by atoms with Crippen LogP contribution >= 0.6 is 11.6 Å². The minimum Gasteiger partial charge on any atom is -0.299 e. The van der Waals surface area contributed by atoms with Crippen molar-refractivity contribution in [2.45, 2.75) is 38.0 Å². The second-order valence-electron chi connectivity index (χ2n) is 5.68. The summed E-state index contributed by atoms with van der Waals surface area (Å²) >= 11 is 5.80. The molecule has 21 heavy (non-hydrogen) atoms. The van der Waals surface area contributed by atoms with Gasteiger partial charge in [0.2, 0.25) is 10.0 Å². The van der Waals surface area contributed by atoms with Gasteiger partial charge in [-0.2, -0.15) is 0 Å². The number of hydrogen-bond donors (Lipinski definition) is 1. The number of hydrogen-bond acceptors (Lipinski definition) is 3. The molecule has 1 unspecified atom stereocenters. The lowest BCUT2D eigenvalue weighted by Gasteiger charge is -2.32. The van der Waals surface area contributed by atoms with E-state index < -0.39 is 10.0 Å². The van der Waals surface area contributed by atoms with E-state index in [1.54, 1.807) is 24.3 Å². The van der Waals surface area contributed by atoms with Crippen LogP contribution in [-0.2, 0) is 15.8 Å². The van der Waals surface area contributed by atoms with Gasteiger partial charge in [-0.05, 0) is 50.6 Å². The van der Waals surface area contributed by atoms with Crippen molar-refractivity contribution in [3.8, 4) is 0 Å². The highest BCUT2D eigenvalue weighted by atomic mass is 35.5. The van der Waals surface area contributed by atoms with Crippen molar-refractivity contribution in [2.24, 2.45) is 0 Å². The van der Waals surface area contributed by atoms with E-state index in [1.165, 1.54) is 19.3 Å². The Hall–Kier alpha value is -0.620. The highest BCUT2D eigenvalue weighted by molar-refractivity contribution is 7.88. The molecule has 0 aromatic heterocycles. The van der Waals surface area contributed by atoms with Crippen LogP contribution in [-0.4, -0.2) is 39.0 Å². The molecule has 118 valence electrons. The molecule has 6 heteroatoms. The Bertz CT molecular complexity index is 539. The van der Waals surface area contributed by atoms with Gasteiger partial charge in [-0.15, -0.1) is 0 Å². The van der Waals surface area contributed by atoms with Crippen molar-refractivity contribution in [3.05, 3.63) is 34.9 Å². The smallest absolute Gasteiger partial charge is 0.215 e. The monoisotopic (exact) mass is 330 g/mol. The van der Waals surface area contributed by atoms with Crippen molar-refractivity contribution >= 4 is 21.6 Å². The molecule has 1 fully saturated rings. The first kappa shape index (κ1) is 16.7. The SMILES string of the molecule is CC(CNS(=O)(=O)Cc1ccc(Cl)cc1)N1CCCCC1. The Morgan fingerprint density at radius 2 is 1.81 bits per heavy atom. The molecule has 0 amide bonds. The molecule has 1 heterocycles. The molecule has 0 aliphatic carbocycles. The fourth-order valence-electron chi connectivity index (χ4n) is 2.59. The predicted octanol–water partition coefficient (Wildman–Crippen LogP) is 2.63. The summed E-state index contributed by atoms with van der Waals surface area (Å²) in [5.41, 5.74) is 0.748. The quantitative estimate of drug-likeness (QED) is 0.872. The first-order valence-corrected chi connectivity index (χ1v) is 9.45. The van der Waals surface area contributed by atoms with E-state index in [2.05, 4.69) is 16.5 Å². The van der Waals surface area contributed by atoms with Crippen LogP contribution in [0.4, 0.5) is 0 Å². The van der Waals surface area contributed by atoms with Crippen molar-refractivity contribution in [2.75, 3.05) is 19.6 Å². The molecule has 2 rings (SSSR count). The van der Waals surface area contributed by atoms with E-state index >= 15 is 0 Å². The minimum absolute atomic E-state index is 0.00309. The highest BCUT2D eigenvalue weighted by Crippen LogP contribution is 2.13. The zero-order valence-electron chi connectivity index (χ0n) is 12.4. The third kappa shape index (κ3) is 5.58. The van der Waals surface area contributed by atoms with E-state index in [1.807, 2.05) is 0 Å². The Morgan fingerprint density at radius 3 is 2.43 bits per heavy atom. The van der Waals surface area contributed by atoms with Gasteiger partial charge in [-0.1, -0.05) is 30.2 Å². The largest absolute Gasteiger partial charge is 0.299 e. The van der Waals surface area contributed by atoms with Crippen LogP contribution in [0, 0.1) is 0 Å². The molecule has 1 aromatic carbocycles. The normalized spacial score (nSPS) is 18.6. The summed E-state index contributed by atoms with van der Waals surface area (Å²) in [5.74, 6) is -0.00309. The van der Waals surface area contributed by atoms with Crippen molar-refractivity contribution < 1.29 is 8.42 Å². The Morgan fingerprint density at radius 1 is 1.19 bits per heavy atom. The average molecular weight is 331 g/mol. The van der Waals surface area contributed by atoms with Gasteiger partial charge in [0.1, 0.15) is 0 Å². The van der Waals surface area contributed by atoms with Crippen molar-refractivity contribution in [1.29, 1.82) is 0 Å². The highest BCUT2D eigenvalue weighted by Gasteiger charge is 2.19. The molecule has 1 aliphatic heterocycles. The van der Waals surface area contributed by atoms with Crippen LogP contribution in [0.25, 0.3) is 0 Å². The molecule has 4 nitrogen and oxygen atoms in total. The van der Waals surface area contributed by atoms with Crippen LogP contribution < -0.4 is 4.72 Å². The molecular formula is C15H23ClN2O2S. The van der Waals surface area contributed by atoms with Crippen molar-refractivity contribution in [1.82, 2.24) is 9.62 Å². The molecule has 1 saturated heterocycles. The number of rotatable bonds is 6. The first-order valence-electron chi connectivity index (χ1n) is 7.42. The summed E-state index contributed by atoms with van der Waals surface area (Å²) in [5, 5.41) is 0.614. The van der Waals surface area contributed by atoms with Gasteiger partial charge in [-0.3, -0.25) is 4.90 Å². The molecule has 0 bridgehead atoms. The molecule has 1 aliphatic rings. The number of halogens is 1. The Kier molecular flexibility index (Phi) is 6.05. The number of likely N-dealkylation sites (tertiary alicyclic amines) is 1. The molecule has 1 aromatic rings. The summed E-state index contributed by atoms with van der Waals surface area (Å²) in [6, 6.07) is 7.15. The zero-order valence-corrected chi connectivity index (χ0v) is 14.0. The van der Waals surface area contributed by atoms with Gasteiger partial charge in [0.15, 0.2) is 0 Å². The first-order chi connectivity index (χ1) is 9.96. The van der Waals surface area contributed by atoms with Gasteiger partial charge in [0.25, 0.3) is 0 Å². The van der Waals surface area contributed by atoms with Crippen LogP contribution in [0.3, 0.4) is 0 Å². The van der Waals surface area contributed by atoms with E-state index in [0.717, 1.165) is 18.7 Å². The standard InChI is InChI=1S/C15H23ClN2O2S/c1-13(18-9-3-2-4-10-18)11-17-21(19,20)12-14-5-7-15(16)8-6-14/h5-8,13,17H,2-4,9-12H2,1H3. The second kappa shape index (κ2) is 7.58. The maximum atomic E-state index is 12.1. The number of sulfonamides is 1. The third-order valence-electron chi connectivity index (χ3n) is 3.88. The third-order valence-corrected chi connectivity index (χ3v) is 5.45. The topological polar surface area (TPSA) is 49.4 Å². The van der Waals surface area contributed by atoms with E-state index in [0.29, 0.717) is 11.6 Å². The lowest BCUT2D eigenvalue weighted by atomic mass is 10.1. The van der Waals surface area contributed by atoms with E-state index in [9.17, 15) is 8.42 Å². The van der Waals surface area contributed by atoms with Crippen molar-refractivity contribution in [3.63, 3.8) is 0 Å². The summed E-state index contributed by atoms with van der Waals surface area (Å²) in [7, 11) is -3.30. The molecule has 0 saturated carbocycles. The lowest BCUT2D eigenvalue weighted by Crippen LogP contribution is -2.44.